The Labute approximate surface area is 196 Å². The van der Waals surface area contributed by atoms with Gasteiger partial charge in [0.2, 0.25) is 0 Å². The summed E-state index contributed by atoms with van der Waals surface area (Å²) in [6.07, 6.45) is 0. The summed E-state index contributed by atoms with van der Waals surface area (Å²) in [5.41, 5.74) is 0.681. The number of para-hydroxylation sites is 1. The number of anilines is 1. The van der Waals surface area contributed by atoms with E-state index in [0.29, 0.717) is 40.7 Å². The summed E-state index contributed by atoms with van der Waals surface area (Å²) < 4.78 is 21.6. The van der Waals surface area contributed by atoms with Gasteiger partial charge in [-0.2, -0.15) is 0 Å². The van der Waals surface area contributed by atoms with E-state index in [9.17, 15) is 14.7 Å². The SMILES string of the molecule is CCOc1ccc(C(O)=C2C(=O)C(=O)N(c3cc(C)on3)C2c2cccc(OC)c2OC)cc1. The van der Waals surface area contributed by atoms with Crippen molar-refractivity contribution in [3.05, 3.63) is 71.0 Å². The molecule has 0 radical (unpaired) electrons. The van der Waals surface area contributed by atoms with Crippen molar-refractivity contribution in [3.63, 3.8) is 0 Å². The van der Waals surface area contributed by atoms with Crippen LogP contribution in [0.5, 0.6) is 17.2 Å². The molecule has 1 aliphatic rings. The number of amides is 1. The van der Waals surface area contributed by atoms with E-state index in [0.717, 1.165) is 0 Å². The van der Waals surface area contributed by atoms with Crippen molar-refractivity contribution in [3.8, 4) is 17.2 Å². The lowest BCUT2D eigenvalue weighted by atomic mass is 9.94. The van der Waals surface area contributed by atoms with Crippen LogP contribution >= 0.6 is 0 Å². The zero-order valence-corrected chi connectivity index (χ0v) is 19.2. The van der Waals surface area contributed by atoms with Crippen molar-refractivity contribution in [1.82, 2.24) is 5.16 Å². The number of aromatic nitrogens is 1. The topological polar surface area (TPSA) is 111 Å². The second kappa shape index (κ2) is 9.30. The largest absolute Gasteiger partial charge is 0.507 e. The molecule has 176 valence electrons. The molecule has 2 aromatic carbocycles. The third-order valence-corrected chi connectivity index (χ3v) is 5.47. The van der Waals surface area contributed by atoms with Crippen LogP contribution in [0.2, 0.25) is 0 Å². The molecule has 9 nitrogen and oxygen atoms in total. The minimum atomic E-state index is -1.04. The van der Waals surface area contributed by atoms with E-state index in [1.54, 1.807) is 55.5 Å². The van der Waals surface area contributed by atoms with Gasteiger partial charge in [0.25, 0.3) is 5.78 Å². The van der Waals surface area contributed by atoms with Gasteiger partial charge >= 0.3 is 5.91 Å². The molecule has 34 heavy (non-hydrogen) atoms. The number of rotatable bonds is 7. The summed E-state index contributed by atoms with van der Waals surface area (Å²) in [6, 6.07) is 12.2. The Kier molecular flexibility index (Phi) is 6.27. The summed E-state index contributed by atoms with van der Waals surface area (Å²) in [5.74, 6) is -0.108. The van der Waals surface area contributed by atoms with Crippen LogP contribution in [0.4, 0.5) is 5.82 Å². The molecule has 9 heteroatoms. The molecule has 1 amide bonds. The number of aliphatic hydroxyl groups is 1. The van der Waals surface area contributed by atoms with Crippen LogP contribution in [0, 0.1) is 6.92 Å². The molecule has 2 heterocycles. The molecule has 0 aliphatic carbocycles. The number of carbonyl (C=O) groups excluding carboxylic acids is 2. The smallest absolute Gasteiger partial charge is 0.301 e. The predicted molar refractivity (Wildman–Crippen MR) is 123 cm³/mol. The zero-order chi connectivity index (χ0) is 24.4. The number of carbonyl (C=O) groups is 2. The number of benzene rings is 2. The summed E-state index contributed by atoms with van der Waals surface area (Å²) >= 11 is 0. The minimum Gasteiger partial charge on any atom is -0.507 e. The van der Waals surface area contributed by atoms with Crippen LogP contribution in [-0.4, -0.2) is 42.8 Å². The van der Waals surface area contributed by atoms with E-state index in [4.69, 9.17) is 18.7 Å². The highest BCUT2D eigenvalue weighted by Crippen LogP contribution is 2.47. The molecule has 0 spiro atoms. The lowest BCUT2D eigenvalue weighted by Crippen LogP contribution is -2.30. The second-order valence-corrected chi connectivity index (χ2v) is 7.50. The molecule has 1 aliphatic heterocycles. The number of hydrogen-bond donors (Lipinski definition) is 1. The monoisotopic (exact) mass is 464 g/mol. The van der Waals surface area contributed by atoms with E-state index in [2.05, 4.69) is 5.16 Å². The third kappa shape index (κ3) is 3.85. The molecular weight excluding hydrogens is 440 g/mol. The van der Waals surface area contributed by atoms with Gasteiger partial charge in [-0.15, -0.1) is 0 Å². The molecule has 1 unspecified atom stereocenters. The quantitative estimate of drug-likeness (QED) is 0.317. The Morgan fingerprint density at radius 3 is 2.44 bits per heavy atom. The predicted octanol–water partition coefficient (Wildman–Crippen LogP) is 4.03. The Hall–Kier alpha value is -4.27. The lowest BCUT2D eigenvalue weighted by molar-refractivity contribution is -0.132. The molecule has 0 saturated carbocycles. The molecule has 1 aromatic heterocycles. The van der Waals surface area contributed by atoms with Crippen LogP contribution < -0.4 is 19.1 Å². The first-order valence-corrected chi connectivity index (χ1v) is 10.6. The number of Topliss-reactive ketones (excluding diaryl/α,β-unsaturated/α-hetero) is 1. The highest BCUT2D eigenvalue weighted by molar-refractivity contribution is 6.51. The standard InChI is InChI=1S/C25H24N2O7/c1-5-33-16-11-9-15(10-12-16)22(28)20-21(17-7-6-8-18(31-3)24(17)32-4)27(25(30)23(20)29)19-13-14(2)34-26-19/h6-13,21,28H,5H2,1-4H3. The van der Waals surface area contributed by atoms with Gasteiger partial charge in [0.15, 0.2) is 17.3 Å². The van der Waals surface area contributed by atoms with E-state index in [-0.39, 0.29) is 17.2 Å². The summed E-state index contributed by atoms with van der Waals surface area (Å²) in [7, 11) is 2.94. The molecule has 1 atom stereocenters. The van der Waals surface area contributed by atoms with Gasteiger partial charge in [-0.3, -0.25) is 14.5 Å². The van der Waals surface area contributed by atoms with Crippen molar-refractivity contribution in [2.24, 2.45) is 0 Å². The number of ketones is 1. The Bertz CT molecular complexity index is 1260. The highest BCUT2D eigenvalue weighted by Gasteiger charge is 2.49. The first-order valence-electron chi connectivity index (χ1n) is 10.6. The molecule has 4 rings (SSSR count). The summed E-state index contributed by atoms with van der Waals surface area (Å²) in [6.45, 7) is 4.03. The van der Waals surface area contributed by atoms with Gasteiger partial charge < -0.3 is 23.8 Å². The average molecular weight is 464 g/mol. The average Bonchev–Trinajstić information content (AvgIpc) is 3.39. The van der Waals surface area contributed by atoms with Gasteiger partial charge in [0.05, 0.1) is 26.4 Å². The van der Waals surface area contributed by atoms with Crippen molar-refractivity contribution in [1.29, 1.82) is 0 Å². The van der Waals surface area contributed by atoms with E-state index in [1.165, 1.54) is 19.1 Å². The fourth-order valence-electron chi connectivity index (χ4n) is 3.99. The van der Waals surface area contributed by atoms with Crippen molar-refractivity contribution >= 4 is 23.3 Å². The number of aliphatic hydroxyl groups excluding tert-OH is 1. The van der Waals surface area contributed by atoms with Crippen molar-refractivity contribution in [2.75, 3.05) is 25.7 Å². The fraction of sp³-hybridized carbons (Fsp3) is 0.240. The van der Waals surface area contributed by atoms with E-state index < -0.39 is 17.7 Å². The molecule has 1 N–H and O–H groups in total. The van der Waals surface area contributed by atoms with Gasteiger partial charge in [0, 0.05) is 17.2 Å². The van der Waals surface area contributed by atoms with Gasteiger partial charge in [-0.1, -0.05) is 17.3 Å². The maximum Gasteiger partial charge on any atom is 0.301 e. The molecule has 3 aromatic rings. The maximum absolute atomic E-state index is 13.3. The Morgan fingerprint density at radius 1 is 1.12 bits per heavy atom. The molecular formula is C25H24N2O7. The maximum atomic E-state index is 13.3. The summed E-state index contributed by atoms with van der Waals surface area (Å²) in [4.78, 5) is 27.6. The van der Waals surface area contributed by atoms with Gasteiger partial charge in [-0.25, -0.2) is 0 Å². The molecule has 0 bridgehead atoms. The first-order chi connectivity index (χ1) is 16.4. The third-order valence-electron chi connectivity index (χ3n) is 5.47. The molecule has 1 fully saturated rings. The minimum absolute atomic E-state index is 0.110. The fourth-order valence-corrected chi connectivity index (χ4v) is 3.99. The first kappa shape index (κ1) is 22.9. The van der Waals surface area contributed by atoms with Crippen LogP contribution in [0.25, 0.3) is 5.76 Å². The van der Waals surface area contributed by atoms with E-state index in [1.807, 2.05) is 6.92 Å². The second-order valence-electron chi connectivity index (χ2n) is 7.50. The van der Waals surface area contributed by atoms with E-state index >= 15 is 0 Å². The van der Waals surface area contributed by atoms with Gasteiger partial charge in [-0.05, 0) is 44.2 Å². The number of methoxy groups -OCH3 is 2. The normalized spacial score (nSPS) is 17.2. The van der Waals surface area contributed by atoms with Crippen LogP contribution in [-0.2, 0) is 9.59 Å². The van der Waals surface area contributed by atoms with Gasteiger partial charge in [0.1, 0.15) is 23.3 Å². The van der Waals surface area contributed by atoms with Crippen LogP contribution in [0.15, 0.2) is 58.6 Å². The molecule has 1 saturated heterocycles. The zero-order valence-electron chi connectivity index (χ0n) is 19.2. The number of aryl methyl sites for hydroxylation is 1. The van der Waals surface area contributed by atoms with Crippen LogP contribution in [0.1, 0.15) is 29.9 Å². The van der Waals surface area contributed by atoms with Crippen LogP contribution in [0.3, 0.4) is 0 Å². The van der Waals surface area contributed by atoms with Crippen molar-refractivity contribution in [2.45, 2.75) is 19.9 Å². The number of nitrogens with zero attached hydrogens (tertiary/aromatic N) is 2. The Morgan fingerprint density at radius 2 is 1.85 bits per heavy atom. The van der Waals surface area contributed by atoms with Crippen molar-refractivity contribution < 1.29 is 33.4 Å². The number of ether oxygens (including phenoxy) is 3. The highest BCUT2D eigenvalue weighted by atomic mass is 16.5. The summed E-state index contributed by atoms with van der Waals surface area (Å²) in [5, 5.41) is 15.2. The lowest BCUT2D eigenvalue weighted by Gasteiger charge is -2.25. The Balaban J connectivity index is 1.95. The number of hydrogen-bond acceptors (Lipinski definition) is 8.